The van der Waals surface area contributed by atoms with Gasteiger partial charge in [0, 0.05) is 49.4 Å². The second-order valence-corrected chi connectivity index (χ2v) is 7.25. The predicted octanol–water partition coefficient (Wildman–Crippen LogP) is 2.17. The highest BCUT2D eigenvalue weighted by Gasteiger charge is 2.48. The molecule has 1 aromatic carbocycles. The molecule has 9 heteroatoms. The Bertz CT molecular complexity index is 906. The van der Waals surface area contributed by atoms with Crippen molar-refractivity contribution < 1.29 is 18.0 Å². The number of hydrogen-bond donors (Lipinski definition) is 1. The number of aromatic nitrogens is 3. The molecule has 2 aliphatic rings. The van der Waals surface area contributed by atoms with Crippen molar-refractivity contribution in [2.24, 2.45) is 5.41 Å². The number of nitrogens with one attached hydrogen (secondary N) is 1. The first-order chi connectivity index (χ1) is 12.7. The van der Waals surface area contributed by atoms with Crippen LogP contribution in [0.1, 0.15) is 11.1 Å². The van der Waals surface area contributed by atoms with Gasteiger partial charge in [-0.15, -0.1) is 5.10 Å². The van der Waals surface area contributed by atoms with E-state index >= 15 is 0 Å². The van der Waals surface area contributed by atoms with Gasteiger partial charge in [0.2, 0.25) is 5.91 Å². The molecule has 27 heavy (non-hydrogen) atoms. The average Bonchev–Trinajstić information content (AvgIpc) is 2.97. The smallest absolute Gasteiger partial charge is 0.338 e. The van der Waals surface area contributed by atoms with Crippen LogP contribution < -0.4 is 5.32 Å². The Morgan fingerprint density at radius 1 is 1.26 bits per heavy atom. The van der Waals surface area contributed by atoms with Crippen LogP contribution in [0.2, 0.25) is 0 Å². The zero-order valence-electron chi connectivity index (χ0n) is 14.6. The van der Waals surface area contributed by atoms with Crippen LogP contribution >= 0.6 is 0 Å². The highest BCUT2D eigenvalue weighted by Crippen LogP contribution is 2.34. The third-order valence-electron chi connectivity index (χ3n) is 4.91. The standard InChI is InChI=1S/C18H18F3N5O/c1-12-4-13(6-14(5-12)18(19,20)21)16-23-11-26(24-16)3-2-15(27)25-9-17(10-25)7-22-8-17/h2-6,11,22H,7-10H2,1H3/b3-2-. The van der Waals surface area contributed by atoms with Gasteiger partial charge in [-0.1, -0.05) is 0 Å². The molecular weight excluding hydrogens is 359 g/mol. The predicted molar refractivity (Wildman–Crippen MR) is 92.4 cm³/mol. The first-order valence-electron chi connectivity index (χ1n) is 8.52. The van der Waals surface area contributed by atoms with E-state index in [0.29, 0.717) is 5.56 Å². The maximum absolute atomic E-state index is 13.0. The molecule has 1 spiro atoms. The summed E-state index contributed by atoms with van der Waals surface area (Å²) in [6, 6.07) is 3.69. The molecule has 4 rings (SSSR count). The summed E-state index contributed by atoms with van der Waals surface area (Å²) < 4.78 is 40.2. The molecule has 0 bridgehead atoms. The molecule has 2 aliphatic heterocycles. The molecule has 0 radical (unpaired) electrons. The van der Waals surface area contributed by atoms with Gasteiger partial charge in [-0.05, 0) is 30.7 Å². The summed E-state index contributed by atoms with van der Waals surface area (Å²) in [5, 5.41) is 7.35. The molecule has 1 N–H and O–H groups in total. The molecule has 0 saturated carbocycles. The quantitative estimate of drug-likeness (QED) is 0.833. The lowest BCUT2D eigenvalue weighted by Gasteiger charge is -2.55. The molecule has 2 aromatic rings. The minimum atomic E-state index is -4.43. The van der Waals surface area contributed by atoms with Crippen LogP contribution in [0.5, 0.6) is 0 Å². The van der Waals surface area contributed by atoms with Crippen LogP contribution in [0.25, 0.3) is 17.6 Å². The SMILES string of the molecule is Cc1cc(-c2ncn(/C=C\C(=O)N3CC4(CNC4)C3)n2)cc(C(F)(F)F)c1. The Hall–Kier alpha value is -2.68. The number of nitrogens with zero attached hydrogens (tertiary/aromatic N) is 4. The highest BCUT2D eigenvalue weighted by molar-refractivity contribution is 5.90. The van der Waals surface area contributed by atoms with E-state index in [1.165, 1.54) is 23.3 Å². The zero-order chi connectivity index (χ0) is 19.2. The number of halogens is 3. The van der Waals surface area contributed by atoms with Crippen molar-refractivity contribution in [3.8, 4) is 11.4 Å². The molecule has 3 heterocycles. The van der Waals surface area contributed by atoms with Crippen LogP contribution in [0.15, 0.2) is 30.6 Å². The van der Waals surface area contributed by atoms with Gasteiger partial charge >= 0.3 is 6.18 Å². The van der Waals surface area contributed by atoms with E-state index in [-0.39, 0.29) is 22.7 Å². The summed E-state index contributed by atoms with van der Waals surface area (Å²) in [5.74, 6) is 0.0595. The second kappa shape index (κ2) is 6.19. The molecular formula is C18H18F3N5O. The maximum atomic E-state index is 13.0. The fraction of sp³-hybridized carbons (Fsp3) is 0.389. The Morgan fingerprint density at radius 2 is 2.00 bits per heavy atom. The molecule has 0 unspecified atom stereocenters. The summed E-state index contributed by atoms with van der Waals surface area (Å²) in [4.78, 5) is 17.9. The van der Waals surface area contributed by atoms with E-state index in [1.54, 1.807) is 17.9 Å². The lowest BCUT2D eigenvalue weighted by Crippen LogP contribution is -2.71. The largest absolute Gasteiger partial charge is 0.416 e. The first-order valence-corrected chi connectivity index (χ1v) is 8.52. The highest BCUT2D eigenvalue weighted by atomic mass is 19.4. The molecule has 0 aliphatic carbocycles. The number of amides is 1. The summed E-state index contributed by atoms with van der Waals surface area (Å²) in [7, 11) is 0. The van der Waals surface area contributed by atoms with Gasteiger partial charge in [-0.2, -0.15) is 13.2 Å². The van der Waals surface area contributed by atoms with Gasteiger partial charge in [-0.3, -0.25) is 4.79 Å². The molecule has 6 nitrogen and oxygen atoms in total. The lowest BCUT2D eigenvalue weighted by atomic mass is 9.74. The molecule has 0 atom stereocenters. The van der Waals surface area contributed by atoms with Crippen LogP contribution in [-0.4, -0.2) is 51.8 Å². The zero-order valence-corrected chi connectivity index (χ0v) is 14.6. The molecule has 1 amide bonds. The van der Waals surface area contributed by atoms with Gasteiger partial charge in [0.25, 0.3) is 0 Å². The number of rotatable bonds is 3. The Morgan fingerprint density at radius 3 is 2.63 bits per heavy atom. The van der Waals surface area contributed by atoms with Crippen LogP contribution in [0.3, 0.4) is 0 Å². The summed E-state index contributed by atoms with van der Waals surface area (Å²) in [6.07, 6.45) is -0.208. The number of alkyl halides is 3. The summed E-state index contributed by atoms with van der Waals surface area (Å²) in [6.45, 7) is 4.98. The van der Waals surface area contributed by atoms with Crippen molar-refractivity contribution in [1.82, 2.24) is 25.0 Å². The summed E-state index contributed by atoms with van der Waals surface area (Å²) in [5.41, 5.74) is 0.268. The van der Waals surface area contributed by atoms with Crippen molar-refractivity contribution >= 4 is 12.1 Å². The number of hydrogen-bond acceptors (Lipinski definition) is 4. The number of likely N-dealkylation sites (tertiary alicyclic amines) is 1. The van der Waals surface area contributed by atoms with Crippen molar-refractivity contribution in [3.05, 3.63) is 41.7 Å². The van der Waals surface area contributed by atoms with Gasteiger partial charge in [-0.25, -0.2) is 9.67 Å². The fourth-order valence-electron chi connectivity index (χ4n) is 3.42. The number of carbonyl (C=O) groups excluding carboxylic acids is 1. The van der Waals surface area contributed by atoms with Gasteiger partial charge in [0.05, 0.1) is 5.56 Å². The Labute approximate surface area is 153 Å². The third kappa shape index (κ3) is 3.46. The lowest BCUT2D eigenvalue weighted by molar-refractivity contribution is -0.141. The second-order valence-electron chi connectivity index (χ2n) is 7.25. The average molecular weight is 377 g/mol. The fourth-order valence-corrected chi connectivity index (χ4v) is 3.42. The minimum Gasteiger partial charge on any atom is -0.338 e. The van der Waals surface area contributed by atoms with E-state index in [4.69, 9.17) is 0 Å². The van der Waals surface area contributed by atoms with Gasteiger partial charge in [0.1, 0.15) is 6.33 Å². The Kier molecular flexibility index (Phi) is 4.06. The maximum Gasteiger partial charge on any atom is 0.416 e. The van der Waals surface area contributed by atoms with Crippen molar-refractivity contribution in [2.45, 2.75) is 13.1 Å². The van der Waals surface area contributed by atoms with Crippen LogP contribution in [-0.2, 0) is 11.0 Å². The third-order valence-corrected chi connectivity index (χ3v) is 4.91. The van der Waals surface area contributed by atoms with Gasteiger partial charge < -0.3 is 10.2 Å². The van der Waals surface area contributed by atoms with E-state index in [2.05, 4.69) is 15.4 Å². The monoisotopic (exact) mass is 377 g/mol. The van der Waals surface area contributed by atoms with E-state index in [0.717, 1.165) is 38.3 Å². The molecule has 142 valence electrons. The number of carbonyl (C=O) groups is 1. The normalized spacial score (nSPS) is 18.6. The number of aryl methyl sites for hydroxylation is 1. The summed E-state index contributed by atoms with van der Waals surface area (Å²) >= 11 is 0. The van der Waals surface area contributed by atoms with E-state index in [1.807, 2.05) is 0 Å². The molecule has 2 fully saturated rings. The minimum absolute atomic E-state index is 0.112. The van der Waals surface area contributed by atoms with Crippen molar-refractivity contribution in [1.29, 1.82) is 0 Å². The van der Waals surface area contributed by atoms with Crippen LogP contribution in [0, 0.1) is 12.3 Å². The Balaban J connectivity index is 1.46. The van der Waals surface area contributed by atoms with Crippen molar-refractivity contribution in [2.75, 3.05) is 26.2 Å². The van der Waals surface area contributed by atoms with E-state index < -0.39 is 11.7 Å². The van der Waals surface area contributed by atoms with Gasteiger partial charge in [0.15, 0.2) is 5.82 Å². The molecule has 1 aromatic heterocycles. The van der Waals surface area contributed by atoms with Crippen molar-refractivity contribution in [3.63, 3.8) is 0 Å². The molecule has 2 saturated heterocycles. The van der Waals surface area contributed by atoms with E-state index in [9.17, 15) is 18.0 Å². The topological polar surface area (TPSA) is 63.1 Å². The number of benzene rings is 1. The van der Waals surface area contributed by atoms with Crippen LogP contribution in [0.4, 0.5) is 13.2 Å². The first kappa shape index (κ1) is 17.7.